The minimum Gasteiger partial charge on any atom is -0.482 e. The fourth-order valence-corrected chi connectivity index (χ4v) is 3.23. The van der Waals surface area contributed by atoms with Crippen molar-refractivity contribution in [2.75, 3.05) is 13.7 Å². The fraction of sp³-hybridized carbons (Fsp3) is 0.300. The van der Waals surface area contributed by atoms with Crippen molar-refractivity contribution in [3.63, 3.8) is 0 Å². The van der Waals surface area contributed by atoms with E-state index in [1.54, 1.807) is 29.2 Å². The smallest absolute Gasteiger partial charge is 0.260 e. The van der Waals surface area contributed by atoms with Gasteiger partial charge in [0.05, 0.1) is 11.6 Å². The average molecular weight is 320 g/mol. The second-order valence-corrected chi connectivity index (χ2v) is 6.01. The Morgan fingerprint density at radius 3 is 2.83 bits per heavy atom. The average Bonchev–Trinajstić information content (AvgIpc) is 2.65. The molecule has 1 atom stereocenters. The Bertz CT molecular complexity index is 779. The van der Waals surface area contributed by atoms with E-state index in [1.165, 1.54) is 11.1 Å². The number of carbonyl (C=O) groups is 1. The minimum absolute atomic E-state index is 0.0616. The molecule has 0 aromatic heterocycles. The molecule has 1 aliphatic carbocycles. The quantitative estimate of drug-likeness (QED) is 0.866. The zero-order valence-corrected chi connectivity index (χ0v) is 13.7. The van der Waals surface area contributed by atoms with Gasteiger partial charge in [0.25, 0.3) is 5.91 Å². The van der Waals surface area contributed by atoms with E-state index in [4.69, 9.17) is 10.00 Å². The summed E-state index contributed by atoms with van der Waals surface area (Å²) in [7, 11) is 1.83. The lowest BCUT2D eigenvalue weighted by Gasteiger charge is -2.33. The molecule has 1 amide bonds. The second-order valence-electron chi connectivity index (χ2n) is 6.01. The van der Waals surface area contributed by atoms with Crippen molar-refractivity contribution in [2.45, 2.75) is 25.3 Å². The molecule has 2 aromatic rings. The summed E-state index contributed by atoms with van der Waals surface area (Å²) >= 11 is 0. The molecule has 0 saturated carbocycles. The van der Waals surface area contributed by atoms with Crippen LogP contribution in [0.15, 0.2) is 48.5 Å². The number of aryl methyl sites for hydroxylation is 1. The summed E-state index contributed by atoms with van der Waals surface area (Å²) in [5, 5.41) is 9.08. The number of hydrogen-bond acceptors (Lipinski definition) is 3. The minimum atomic E-state index is -0.0792. The normalized spacial score (nSPS) is 15.9. The molecule has 0 spiro atoms. The third-order valence-electron chi connectivity index (χ3n) is 4.56. The number of nitrogens with zero attached hydrogens (tertiary/aromatic N) is 2. The van der Waals surface area contributed by atoms with Gasteiger partial charge in [0.15, 0.2) is 6.61 Å². The number of nitriles is 1. The van der Waals surface area contributed by atoms with E-state index in [0.717, 1.165) is 19.3 Å². The molecule has 0 radical (unpaired) electrons. The number of ether oxygens (including phenoxy) is 1. The third kappa shape index (κ3) is 3.26. The summed E-state index contributed by atoms with van der Waals surface area (Å²) in [6.07, 6.45) is 3.12. The molecule has 24 heavy (non-hydrogen) atoms. The van der Waals surface area contributed by atoms with E-state index >= 15 is 0 Å². The van der Waals surface area contributed by atoms with E-state index in [0.29, 0.717) is 11.3 Å². The first-order valence-corrected chi connectivity index (χ1v) is 8.16. The van der Waals surface area contributed by atoms with E-state index in [2.05, 4.69) is 18.2 Å². The van der Waals surface area contributed by atoms with Crippen LogP contribution in [0.25, 0.3) is 0 Å². The van der Waals surface area contributed by atoms with Crippen molar-refractivity contribution in [3.05, 3.63) is 65.2 Å². The van der Waals surface area contributed by atoms with Crippen LogP contribution in [0.3, 0.4) is 0 Å². The molecule has 0 N–H and O–H groups in total. The van der Waals surface area contributed by atoms with Crippen LogP contribution < -0.4 is 4.74 Å². The lowest BCUT2D eigenvalue weighted by molar-refractivity contribution is -0.134. The molecular weight excluding hydrogens is 300 g/mol. The van der Waals surface area contributed by atoms with Gasteiger partial charge in [-0.15, -0.1) is 0 Å². The highest BCUT2D eigenvalue weighted by Gasteiger charge is 2.26. The zero-order valence-electron chi connectivity index (χ0n) is 13.7. The Kier molecular flexibility index (Phi) is 4.81. The maximum Gasteiger partial charge on any atom is 0.260 e. The molecule has 2 aromatic carbocycles. The van der Waals surface area contributed by atoms with Gasteiger partial charge in [-0.3, -0.25) is 4.79 Å². The first kappa shape index (κ1) is 16.1. The summed E-state index contributed by atoms with van der Waals surface area (Å²) in [4.78, 5) is 14.3. The molecule has 0 heterocycles. The van der Waals surface area contributed by atoms with Crippen molar-refractivity contribution >= 4 is 5.91 Å². The number of hydrogen-bond donors (Lipinski definition) is 0. The lowest BCUT2D eigenvalue weighted by Crippen LogP contribution is -2.36. The first-order chi connectivity index (χ1) is 11.7. The predicted octanol–water partition coefficient (Wildman–Crippen LogP) is 3.47. The molecule has 122 valence electrons. The van der Waals surface area contributed by atoms with Crippen molar-refractivity contribution in [3.8, 4) is 11.8 Å². The lowest BCUT2D eigenvalue weighted by atomic mass is 9.87. The van der Waals surface area contributed by atoms with Gasteiger partial charge in [0.1, 0.15) is 11.8 Å². The Hall–Kier alpha value is -2.80. The molecule has 0 bridgehead atoms. The molecule has 0 saturated heterocycles. The van der Waals surface area contributed by atoms with Crippen LogP contribution in [0.1, 0.15) is 35.6 Å². The van der Waals surface area contributed by atoms with Gasteiger partial charge < -0.3 is 9.64 Å². The molecule has 3 rings (SSSR count). The Labute approximate surface area is 142 Å². The maximum absolute atomic E-state index is 12.5. The Morgan fingerprint density at radius 1 is 1.25 bits per heavy atom. The van der Waals surface area contributed by atoms with Crippen molar-refractivity contribution in [1.82, 2.24) is 4.90 Å². The van der Waals surface area contributed by atoms with E-state index in [-0.39, 0.29) is 18.6 Å². The van der Waals surface area contributed by atoms with Crippen LogP contribution in [-0.4, -0.2) is 24.5 Å². The van der Waals surface area contributed by atoms with Crippen LogP contribution in [0.5, 0.6) is 5.75 Å². The van der Waals surface area contributed by atoms with Crippen molar-refractivity contribution in [2.24, 2.45) is 0 Å². The van der Waals surface area contributed by atoms with E-state index < -0.39 is 0 Å². The number of carbonyl (C=O) groups excluding carboxylic acids is 1. The van der Waals surface area contributed by atoms with E-state index in [9.17, 15) is 4.79 Å². The predicted molar refractivity (Wildman–Crippen MR) is 91.5 cm³/mol. The molecule has 0 fully saturated rings. The highest BCUT2D eigenvalue weighted by Crippen LogP contribution is 2.33. The van der Waals surface area contributed by atoms with Gasteiger partial charge in [-0.1, -0.05) is 36.4 Å². The van der Waals surface area contributed by atoms with Gasteiger partial charge in [-0.05, 0) is 42.5 Å². The molecule has 4 heteroatoms. The summed E-state index contributed by atoms with van der Waals surface area (Å²) in [6.45, 7) is -0.0616. The van der Waals surface area contributed by atoms with Gasteiger partial charge in [-0.2, -0.15) is 5.26 Å². The molecular formula is C20H20N2O2. The monoisotopic (exact) mass is 320 g/mol. The van der Waals surface area contributed by atoms with Crippen LogP contribution in [0, 0.1) is 11.3 Å². The number of para-hydroxylation sites is 1. The first-order valence-electron chi connectivity index (χ1n) is 8.16. The van der Waals surface area contributed by atoms with Crippen molar-refractivity contribution < 1.29 is 9.53 Å². The second kappa shape index (κ2) is 7.18. The van der Waals surface area contributed by atoms with Crippen molar-refractivity contribution in [1.29, 1.82) is 5.26 Å². The van der Waals surface area contributed by atoms with Crippen LogP contribution in [0.4, 0.5) is 0 Å². The highest BCUT2D eigenvalue weighted by atomic mass is 16.5. The summed E-state index contributed by atoms with van der Waals surface area (Å²) < 4.78 is 5.58. The van der Waals surface area contributed by atoms with E-state index in [1.807, 2.05) is 19.2 Å². The number of likely N-dealkylation sites (N-methyl/N-ethyl adjacent to an activating group) is 1. The van der Waals surface area contributed by atoms with Gasteiger partial charge >= 0.3 is 0 Å². The molecule has 4 nitrogen and oxygen atoms in total. The number of fused-ring (bicyclic) bond motifs is 1. The number of benzene rings is 2. The van der Waals surface area contributed by atoms with Gasteiger partial charge in [0, 0.05) is 7.05 Å². The van der Waals surface area contributed by atoms with Crippen LogP contribution in [-0.2, 0) is 11.2 Å². The maximum atomic E-state index is 12.5. The Morgan fingerprint density at radius 2 is 2.00 bits per heavy atom. The fourth-order valence-electron chi connectivity index (χ4n) is 3.23. The SMILES string of the molecule is CN(C(=O)COc1ccccc1C#N)[C@@H]1CCCc2ccccc21. The number of amides is 1. The molecule has 0 aliphatic heterocycles. The number of rotatable bonds is 4. The summed E-state index contributed by atoms with van der Waals surface area (Å²) in [6, 6.07) is 17.4. The van der Waals surface area contributed by atoms with Gasteiger partial charge in [0.2, 0.25) is 0 Å². The van der Waals surface area contributed by atoms with Crippen LogP contribution >= 0.6 is 0 Å². The topological polar surface area (TPSA) is 53.3 Å². The standard InChI is InChI=1S/C20H20N2O2/c1-22(18-11-6-9-15-7-2-4-10-17(15)18)20(23)14-24-19-12-5-3-8-16(19)13-21/h2-5,7-8,10,12,18H,6,9,11,14H2,1H3/t18-/m1/s1. The van der Waals surface area contributed by atoms with Gasteiger partial charge in [-0.25, -0.2) is 0 Å². The Balaban J connectivity index is 1.69. The van der Waals surface area contributed by atoms with Crippen LogP contribution in [0.2, 0.25) is 0 Å². The molecule has 0 unspecified atom stereocenters. The zero-order chi connectivity index (χ0) is 16.9. The molecule has 1 aliphatic rings. The summed E-state index contributed by atoms with van der Waals surface area (Å²) in [5.74, 6) is 0.371. The summed E-state index contributed by atoms with van der Waals surface area (Å²) in [5.41, 5.74) is 3.00. The third-order valence-corrected chi connectivity index (χ3v) is 4.56. The highest BCUT2D eigenvalue weighted by molar-refractivity contribution is 5.78. The largest absolute Gasteiger partial charge is 0.482 e.